The van der Waals surface area contributed by atoms with E-state index in [9.17, 15) is 0 Å². The number of hydrogen-bond donors (Lipinski definition) is 1. The zero-order valence-corrected chi connectivity index (χ0v) is 11.0. The zero-order valence-electron chi connectivity index (χ0n) is 11.0. The van der Waals surface area contributed by atoms with Crippen molar-refractivity contribution in [2.24, 2.45) is 5.73 Å². The van der Waals surface area contributed by atoms with Gasteiger partial charge in [0.2, 0.25) is 0 Å². The molecule has 0 spiro atoms. The van der Waals surface area contributed by atoms with Gasteiger partial charge in [-0.1, -0.05) is 27.7 Å². The van der Waals surface area contributed by atoms with Gasteiger partial charge in [-0.15, -0.1) is 0 Å². The predicted molar refractivity (Wildman–Crippen MR) is 66.1 cm³/mol. The Kier molecular flexibility index (Phi) is 7.14. The average Bonchev–Trinajstić information content (AvgIpc) is 2.26. The Balaban J connectivity index is 4.83. The van der Waals surface area contributed by atoms with E-state index < -0.39 is 0 Å². The molecule has 0 aliphatic carbocycles. The first-order chi connectivity index (χ1) is 7.12. The van der Waals surface area contributed by atoms with Gasteiger partial charge in [0.1, 0.15) is 0 Å². The van der Waals surface area contributed by atoms with Crippen molar-refractivity contribution in [1.82, 2.24) is 4.90 Å². The molecule has 0 radical (unpaired) electrons. The molecule has 1 unspecified atom stereocenters. The maximum absolute atomic E-state index is 6.27. The van der Waals surface area contributed by atoms with Gasteiger partial charge in [0.15, 0.2) is 0 Å². The Morgan fingerprint density at radius 3 is 1.87 bits per heavy atom. The number of nitrogens with zero attached hydrogens (tertiary/aromatic N) is 1. The van der Waals surface area contributed by atoms with Crippen LogP contribution in [-0.4, -0.2) is 43.3 Å². The molecule has 1 atom stereocenters. The van der Waals surface area contributed by atoms with Crippen LogP contribution in [0.3, 0.4) is 0 Å². The minimum absolute atomic E-state index is 0.0948. The number of rotatable bonds is 8. The number of likely N-dealkylation sites (N-methyl/N-ethyl adjacent to an activating group) is 1. The highest BCUT2D eigenvalue weighted by Crippen LogP contribution is 2.27. The summed E-state index contributed by atoms with van der Waals surface area (Å²) < 4.78 is 5.20. The van der Waals surface area contributed by atoms with E-state index >= 15 is 0 Å². The molecule has 2 N–H and O–H groups in total. The summed E-state index contributed by atoms with van der Waals surface area (Å²) >= 11 is 0. The molecular formula is C12H28N2O. The molecule has 0 fully saturated rings. The van der Waals surface area contributed by atoms with Crippen molar-refractivity contribution in [1.29, 1.82) is 0 Å². The van der Waals surface area contributed by atoms with Gasteiger partial charge in [0.25, 0.3) is 0 Å². The highest BCUT2D eigenvalue weighted by molar-refractivity contribution is 4.96. The van der Waals surface area contributed by atoms with Crippen LogP contribution in [0.25, 0.3) is 0 Å². The van der Waals surface area contributed by atoms with E-state index in [4.69, 9.17) is 10.5 Å². The normalized spacial score (nSPS) is 14.6. The first-order valence-corrected chi connectivity index (χ1v) is 6.12. The van der Waals surface area contributed by atoms with Gasteiger partial charge < -0.3 is 10.5 Å². The fourth-order valence-corrected chi connectivity index (χ4v) is 2.64. The standard InChI is InChI=1S/C12H28N2O/c1-6-12(7-2,11(13)10-15-5)14(8-3)9-4/h11H,6-10,13H2,1-5H3. The van der Waals surface area contributed by atoms with E-state index in [0.29, 0.717) is 6.61 Å². The molecule has 0 rings (SSSR count). The second kappa shape index (κ2) is 7.20. The van der Waals surface area contributed by atoms with Gasteiger partial charge in [0, 0.05) is 18.7 Å². The van der Waals surface area contributed by atoms with Gasteiger partial charge in [0.05, 0.1) is 6.61 Å². The molecule has 0 aliphatic rings. The van der Waals surface area contributed by atoms with Crippen molar-refractivity contribution in [3.05, 3.63) is 0 Å². The lowest BCUT2D eigenvalue weighted by Crippen LogP contribution is -2.60. The van der Waals surface area contributed by atoms with Crippen LogP contribution in [0, 0.1) is 0 Å². The van der Waals surface area contributed by atoms with Crippen molar-refractivity contribution in [2.75, 3.05) is 26.8 Å². The summed E-state index contributed by atoms with van der Waals surface area (Å²) in [6.45, 7) is 11.6. The van der Waals surface area contributed by atoms with Crippen molar-refractivity contribution >= 4 is 0 Å². The quantitative estimate of drug-likeness (QED) is 0.673. The zero-order chi connectivity index (χ0) is 11.9. The summed E-state index contributed by atoms with van der Waals surface area (Å²) in [6.07, 6.45) is 2.16. The van der Waals surface area contributed by atoms with Crippen LogP contribution in [0.2, 0.25) is 0 Å². The smallest absolute Gasteiger partial charge is 0.0631 e. The first-order valence-electron chi connectivity index (χ1n) is 6.12. The Morgan fingerprint density at radius 1 is 1.13 bits per heavy atom. The van der Waals surface area contributed by atoms with Crippen LogP contribution in [0.5, 0.6) is 0 Å². The fourth-order valence-electron chi connectivity index (χ4n) is 2.64. The van der Waals surface area contributed by atoms with Gasteiger partial charge >= 0.3 is 0 Å². The molecule has 0 aromatic heterocycles. The lowest BCUT2D eigenvalue weighted by molar-refractivity contribution is 0.0302. The van der Waals surface area contributed by atoms with Crippen LogP contribution in [0.15, 0.2) is 0 Å². The number of methoxy groups -OCH3 is 1. The van der Waals surface area contributed by atoms with E-state index in [2.05, 4.69) is 32.6 Å². The Bertz CT molecular complexity index is 154. The fraction of sp³-hybridized carbons (Fsp3) is 1.00. The molecule has 3 nitrogen and oxygen atoms in total. The molecular weight excluding hydrogens is 188 g/mol. The molecule has 3 heteroatoms. The first kappa shape index (κ1) is 14.9. The maximum atomic E-state index is 6.27. The molecule has 0 aromatic carbocycles. The van der Waals surface area contributed by atoms with Crippen LogP contribution in [0.1, 0.15) is 40.5 Å². The summed E-state index contributed by atoms with van der Waals surface area (Å²) in [5, 5.41) is 0. The summed E-state index contributed by atoms with van der Waals surface area (Å²) in [4.78, 5) is 2.47. The lowest BCUT2D eigenvalue weighted by atomic mass is 9.83. The summed E-state index contributed by atoms with van der Waals surface area (Å²) in [7, 11) is 1.72. The van der Waals surface area contributed by atoms with Crippen LogP contribution in [0.4, 0.5) is 0 Å². The lowest BCUT2D eigenvalue weighted by Gasteiger charge is -2.46. The van der Waals surface area contributed by atoms with Crippen molar-refractivity contribution in [2.45, 2.75) is 52.1 Å². The largest absolute Gasteiger partial charge is 0.383 e. The number of ether oxygens (including phenoxy) is 1. The molecule has 0 bridgehead atoms. The number of hydrogen-bond acceptors (Lipinski definition) is 3. The van der Waals surface area contributed by atoms with Crippen LogP contribution in [-0.2, 0) is 4.74 Å². The summed E-state index contributed by atoms with van der Waals surface area (Å²) in [5.74, 6) is 0. The highest BCUT2D eigenvalue weighted by Gasteiger charge is 2.37. The van der Waals surface area contributed by atoms with E-state index in [-0.39, 0.29) is 11.6 Å². The van der Waals surface area contributed by atoms with E-state index in [0.717, 1.165) is 25.9 Å². The van der Waals surface area contributed by atoms with Gasteiger partial charge in [-0.3, -0.25) is 4.90 Å². The maximum Gasteiger partial charge on any atom is 0.0631 e. The Morgan fingerprint density at radius 2 is 1.60 bits per heavy atom. The van der Waals surface area contributed by atoms with Gasteiger partial charge in [-0.25, -0.2) is 0 Å². The highest BCUT2D eigenvalue weighted by atomic mass is 16.5. The topological polar surface area (TPSA) is 38.5 Å². The Labute approximate surface area is 95.0 Å². The third-order valence-electron chi connectivity index (χ3n) is 3.65. The third-order valence-corrected chi connectivity index (χ3v) is 3.65. The van der Waals surface area contributed by atoms with Crippen molar-refractivity contribution < 1.29 is 4.74 Å². The third kappa shape index (κ3) is 3.16. The second-order valence-electron chi connectivity index (χ2n) is 4.04. The molecule has 0 aliphatic heterocycles. The molecule has 0 heterocycles. The SMILES string of the molecule is CCN(CC)C(CC)(CC)C(N)COC. The van der Waals surface area contributed by atoms with Crippen LogP contribution < -0.4 is 5.73 Å². The monoisotopic (exact) mass is 216 g/mol. The molecule has 15 heavy (non-hydrogen) atoms. The van der Waals surface area contributed by atoms with E-state index in [1.165, 1.54) is 0 Å². The molecule has 0 saturated carbocycles. The van der Waals surface area contributed by atoms with Gasteiger partial charge in [-0.2, -0.15) is 0 Å². The van der Waals surface area contributed by atoms with Crippen molar-refractivity contribution in [3.63, 3.8) is 0 Å². The molecule has 0 saturated heterocycles. The number of nitrogens with two attached hydrogens (primary N) is 1. The average molecular weight is 216 g/mol. The van der Waals surface area contributed by atoms with Crippen LogP contribution >= 0.6 is 0 Å². The summed E-state index contributed by atoms with van der Waals surface area (Å²) in [5.41, 5.74) is 6.37. The van der Waals surface area contributed by atoms with Crippen molar-refractivity contribution in [3.8, 4) is 0 Å². The minimum Gasteiger partial charge on any atom is -0.383 e. The van der Waals surface area contributed by atoms with E-state index in [1.807, 2.05) is 0 Å². The molecule has 0 aromatic rings. The second-order valence-corrected chi connectivity index (χ2v) is 4.04. The van der Waals surface area contributed by atoms with E-state index in [1.54, 1.807) is 7.11 Å². The predicted octanol–water partition coefficient (Wildman–Crippen LogP) is 1.86. The molecule has 0 amide bonds. The molecule has 92 valence electrons. The Hall–Kier alpha value is -0.120. The summed E-state index contributed by atoms with van der Waals surface area (Å²) in [6, 6.07) is 0.0948. The van der Waals surface area contributed by atoms with Gasteiger partial charge in [-0.05, 0) is 25.9 Å². The minimum atomic E-state index is 0.0948.